The van der Waals surface area contributed by atoms with Crippen LogP contribution >= 0.6 is 0 Å². The van der Waals surface area contributed by atoms with Gasteiger partial charge < -0.3 is 9.88 Å². The maximum absolute atomic E-state index is 3.57. The quantitative estimate of drug-likeness (QED) is 0.828. The van der Waals surface area contributed by atoms with Gasteiger partial charge in [-0.3, -0.25) is 0 Å². The molecule has 1 aliphatic rings. The lowest BCUT2D eigenvalue weighted by Gasteiger charge is -2.08. The fraction of sp³-hybridized carbons (Fsp3) is 0.429. The number of aromatic nitrogens is 1. The third-order valence-electron chi connectivity index (χ3n) is 3.36. The molecule has 2 aromatic rings. The summed E-state index contributed by atoms with van der Waals surface area (Å²) in [6, 6.07) is 11.7. The van der Waals surface area contributed by atoms with Crippen molar-refractivity contribution in [2.24, 2.45) is 0 Å². The lowest BCUT2D eigenvalue weighted by molar-refractivity contribution is 0.599. The third-order valence-corrected chi connectivity index (χ3v) is 3.36. The number of hydrogen-bond acceptors (Lipinski definition) is 1. The highest BCUT2D eigenvalue weighted by Gasteiger charge is 2.19. The average molecular weight is 214 g/mol. The van der Waals surface area contributed by atoms with E-state index in [9.17, 15) is 0 Å². The Morgan fingerprint density at radius 1 is 1.31 bits per heavy atom. The number of nitrogens with zero attached hydrogens (tertiary/aromatic N) is 1. The van der Waals surface area contributed by atoms with Gasteiger partial charge in [0.1, 0.15) is 0 Å². The van der Waals surface area contributed by atoms with E-state index in [-0.39, 0.29) is 0 Å². The summed E-state index contributed by atoms with van der Waals surface area (Å²) in [5.41, 5.74) is 2.72. The third kappa shape index (κ3) is 1.85. The molecule has 3 rings (SSSR count). The molecule has 1 heterocycles. The molecule has 0 spiro atoms. The van der Waals surface area contributed by atoms with Gasteiger partial charge in [-0.1, -0.05) is 18.2 Å². The van der Waals surface area contributed by atoms with Crippen LogP contribution in [0.25, 0.3) is 10.9 Å². The van der Waals surface area contributed by atoms with Crippen LogP contribution in [0.1, 0.15) is 18.5 Å². The van der Waals surface area contributed by atoms with Crippen molar-refractivity contribution in [2.75, 3.05) is 6.54 Å². The number of para-hydroxylation sites is 1. The molecule has 0 atom stereocenters. The van der Waals surface area contributed by atoms with E-state index in [4.69, 9.17) is 0 Å². The minimum atomic E-state index is 0.808. The Morgan fingerprint density at radius 2 is 2.12 bits per heavy atom. The fourth-order valence-electron chi connectivity index (χ4n) is 2.31. The Kier molecular flexibility index (Phi) is 2.44. The molecule has 1 aromatic carbocycles. The van der Waals surface area contributed by atoms with E-state index in [1.54, 1.807) is 0 Å². The molecule has 1 saturated carbocycles. The first-order valence-corrected chi connectivity index (χ1v) is 6.13. The standard InChI is InChI=1S/C14H18N2/c1-11-10-12-4-2-3-5-14(12)16(11)9-8-15-13-6-7-13/h2-5,10,13,15H,6-9H2,1H3. The van der Waals surface area contributed by atoms with Gasteiger partial charge in [0.05, 0.1) is 0 Å². The molecule has 2 heteroatoms. The first-order valence-electron chi connectivity index (χ1n) is 6.13. The summed E-state index contributed by atoms with van der Waals surface area (Å²) in [7, 11) is 0. The van der Waals surface area contributed by atoms with Crippen molar-refractivity contribution in [3.05, 3.63) is 36.0 Å². The largest absolute Gasteiger partial charge is 0.344 e. The molecular formula is C14H18N2. The molecule has 1 aromatic heterocycles. The van der Waals surface area contributed by atoms with E-state index in [0.29, 0.717) is 0 Å². The van der Waals surface area contributed by atoms with E-state index < -0.39 is 0 Å². The number of nitrogens with one attached hydrogen (secondary N) is 1. The topological polar surface area (TPSA) is 17.0 Å². The van der Waals surface area contributed by atoms with Crippen molar-refractivity contribution in [3.63, 3.8) is 0 Å². The second-order valence-electron chi connectivity index (χ2n) is 4.72. The molecule has 0 bridgehead atoms. The van der Waals surface area contributed by atoms with Crippen molar-refractivity contribution < 1.29 is 0 Å². The van der Waals surface area contributed by atoms with E-state index in [1.807, 2.05) is 0 Å². The first kappa shape index (κ1) is 9.91. The van der Waals surface area contributed by atoms with Gasteiger partial charge >= 0.3 is 0 Å². The van der Waals surface area contributed by atoms with Crippen LogP contribution in [0.2, 0.25) is 0 Å². The molecule has 0 aliphatic heterocycles. The summed E-state index contributed by atoms with van der Waals surface area (Å²) < 4.78 is 2.41. The number of aryl methyl sites for hydroxylation is 1. The summed E-state index contributed by atoms with van der Waals surface area (Å²) in [5.74, 6) is 0. The second kappa shape index (κ2) is 3.95. The van der Waals surface area contributed by atoms with E-state index in [2.05, 4.69) is 47.1 Å². The van der Waals surface area contributed by atoms with Gasteiger partial charge in [-0.25, -0.2) is 0 Å². The zero-order valence-corrected chi connectivity index (χ0v) is 9.74. The van der Waals surface area contributed by atoms with Crippen LogP contribution in [0.4, 0.5) is 0 Å². The number of fused-ring (bicyclic) bond motifs is 1. The lowest BCUT2D eigenvalue weighted by atomic mass is 10.2. The molecule has 84 valence electrons. The van der Waals surface area contributed by atoms with Gasteiger partial charge in [-0.15, -0.1) is 0 Å². The Balaban J connectivity index is 1.80. The number of rotatable bonds is 4. The Morgan fingerprint density at radius 3 is 2.94 bits per heavy atom. The normalized spacial score (nSPS) is 15.8. The summed E-state index contributed by atoms with van der Waals surface area (Å²) in [5, 5.41) is 4.92. The summed E-state index contributed by atoms with van der Waals surface area (Å²) in [6.45, 7) is 4.36. The van der Waals surface area contributed by atoms with Gasteiger partial charge in [-0.05, 0) is 37.3 Å². The van der Waals surface area contributed by atoms with Crippen molar-refractivity contribution >= 4 is 10.9 Å². The van der Waals surface area contributed by atoms with Crippen LogP contribution in [-0.2, 0) is 6.54 Å². The Labute approximate surface area is 96.3 Å². The molecule has 0 radical (unpaired) electrons. The van der Waals surface area contributed by atoms with Crippen LogP contribution in [0.3, 0.4) is 0 Å². The molecule has 2 nitrogen and oxygen atoms in total. The lowest BCUT2D eigenvalue weighted by Crippen LogP contribution is -2.22. The highest BCUT2D eigenvalue weighted by atomic mass is 15.0. The predicted octanol–water partition coefficient (Wildman–Crippen LogP) is 2.70. The minimum Gasteiger partial charge on any atom is -0.344 e. The summed E-state index contributed by atoms with van der Waals surface area (Å²) in [4.78, 5) is 0. The maximum Gasteiger partial charge on any atom is 0.0482 e. The zero-order valence-electron chi connectivity index (χ0n) is 9.74. The van der Waals surface area contributed by atoms with Crippen LogP contribution < -0.4 is 5.32 Å². The minimum absolute atomic E-state index is 0.808. The first-order chi connectivity index (χ1) is 7.84. The van der Waals surface area contributed by atoms with Gasteiger partial charge in [0.25, 0.3) is 0 Å². The van der Waals surface area contributed by atoms with Gasteiger partial charge in [-0.2, -0.15) is 0 Å². The van der Waals surface area contributed by atoms with E-state index in [0.717, 1.165) is 19.1 Å². The zero-order chi connectivity index (χ0) is 11.0. The molecule has 0 unspecified atom stereocenters. The highest BCUT2D eigenvalue weighted by molar-refractivity contribution is 5.81. The SMILES string of the molecule is Cc1cc2ccccc2n1CCNC1CC1. The average Bonchev–Trinajstić information content (AvgIpc) is 3.04. The summed E-state index contributed by atoms with van der Waals surface area (Å²) in [6.07, 6.45) is 2.73. The Hall–Kier alpha value is -1.28. The van der Waals surface area contributed by atoms with Gasteiger partial charge in [0, 0.05) is 30.3 Å². The molecule has 0 saturated heterocycles. The van der Waals surface area contributed by atoms with Crippen LogP contribution in [0, 0.1) is 6.92 Å². The summed E-state index contributed by atoms with van der Waals surface area (Å²) >= 11 is 0. The van der Waals surface area contributed by atoms with E-state index in [1.165, 1.54) is 29.4 Å². The molecular weight excluding hydrogens is 196 g/mol. The Bertz CT molecular complexity index is 494. The van der Waals surface area contributed by atoms with Crippen LogP contribution in [-0.4, -0.2) is 17.2 Å². The van der Waals surface area contributed by atoms with Gasteiger partial charge in [0.15, 0.2) is 0 Å². The van der Waals surface area contributed by atoms with Crippen molar-refractivity contribution in [1.29, 1.82) is 0 Å². The van der Waals surface area contributed by atoms with Crippen molar-refractivity contribution in [1.82, 2.24) is 9.88 Å². The molecule has 16 heavy (non-hydrogen) atoms. The monoisotopic (exact) mass is 214 g/mol. The van der Waals surface area contributed by atoms with Crippen LogP contribution in [0.15, 0.2) is 30.3 Å². The van der Waals surface area contributed by atoms with Gasteiger partial charge in [0.2, 0.25) is 0 Å². The van der Waals surface area contributed by atoms with Crippen molar-refractivity contribution in [2.45, 2.75) is 32.4 Å². The second-order valence-corrected chi connectivity index (χ2v) is 4.72. The van der Waals surface area contributed by atoms with Crippen molar-refractivity contribution in [3.8, 4) is 0 Å². The fourth-order valence-corrected chi connectivity index (χ4v) is 2.31. The number of hydrogen-bond donors (Lipinski definition) is 1. The maximum atomic E-state index is 3.57. The molecule has 1 aliphatic carbocycles. The predicted molar refractivity (Wildman–Crippen MR) is 67.7 cm³/mol. The highest BCUT2D eigenvalue weighted by Crippen LogP contribution is 2.20. The number of benzene rings is 1. The molecule has 1 fully saturated rings. The van der Waals surface area contributed by atoms with Crippen LogP contribution in [0.5, 0.6) is 0 Å². The smallest absolute Gasteiger partial charge is 0.0482 e. The molecule has 0 amide bonds. The van der Waals surface area contributed by atoms with E-state index >= 15 is 0 Å². The molecule has 1 N–H and O–H groups in total.